The standard InChI is InChI=1S/C29H36N3O3P/c1-18-8-9-20(23(14-27(33)34)22-10-11-26(36-5)28(30)19(22)2)13-21(18)15-32-16-24-25(7-6-12-31-24)35-29(3,4)17-32/h6-13,23,36H,14-17,30H2,1-5H3,(H,33,34)/t23-/m1/s1. The fourth-order valence-electron chi connectivity index (χ4n) is 5.13. The van der Waals surface area contributed by atoms with Crippen LogP contribution in [0.1, 0.15) is 59.7 Å². The van der Waals surface area contributed by atoms with E-state index in [9.17, 15) is 9.90 Å². The molecular formula is C29H36N3O3P. The molecule has 0 saturated heterocycles. The number of aliphatic carboxylic acids is 1. The molecule has 0 fully saturated rings. The zero-order valence-corrected chi connectivity index (χ0v) is 22.8. The summed E-state index contributed by atoms with van der Waals surface area (Å²) >= 11 is 0. The minimum atomic E-state index is -0.823. The third-order valence-corrected chi connectivity index (χ3v) is 7.94. The summed E-state index contributed by atoms with van der Waals surface area (Å²) in [6, 6.07) is 14.3. The monoisotopic (exact) mass is 505 g/mol. The first-order valence-corrected chi connectivity index (χ1v) is 13.8. The zero-order chi connectivity index (χ0) is 26.0. The van der Waals surface area contributed by atoms with Crippen molar-refractivity contribution >= 4 is 25.5 Å². The van der Waals surface area contributed by atoms with E-state index in [1.165, 1.54) is 11.1 Å². The number of hydrogen-bond donors (Lipinski definition) is 2. The lowest BCUT2D eigenvalue weighted by Gasteiger charge is -2.30. The van der Waals surface area contributed by atoms with E-state index in [-0.39, 0.29) is 17.9 Å². The van der Waals surface area contributed by atoms with Crippen LogP contribution >= 0.6 is 8.58 Å². The van der Waals surface area contributed by atoms with Gasteiger partial charge in [-0.1, -0.05) is 38.9 Å². The average Bonchev–Trinajstić information content (AvgIpc) is 2.94. The second kappa shape index (κ2) is 10.6. The van der Waals surface area contributed by atoms with Crippen LogP contribution in [0.3, 0.4) is 0 Å². The lowest BCUT2D eigenvalue weighted by molar-refractivity contribution is -0.137. The Hall–Kier alpha value is -2.95. The van der Waals surface area contributed by atoms with Crippen molar-refractivity contribution in [1.29, 1.82) is 0 Å². The molecule has 2 atom stereocenters. The Morgan fingerprint density at radius 2 is 2.03 bits per heavy atom. The van der Waals surface area contributed by atoms with Crippen LogP contribution in [0, 0.1) is 13.8 Å². The van der Waals surface area contributed by atoms with Crippen LogP contribution in [-0.2, 0) is 17.9 Å². The number of benzene rings is 2. The van der Waals surface area contributed by atoms with E-state index in [0.717, 1.165) is 52.2 Å². The van der Waals surface area contributed by atoms with Gasteiger partial charge in [0.1, 0.15) is 11.4 Å². The molecule has 0 spiro atoms. The minimum absolute atomic E-state index is 0.0123. The average molecular weight is 506 g/mol. The van der Waals surface area contributed by atoms with Crippen LogP contribution < -0.4 is 15.8 Å². The first-order valence-electron chi connectivity index (χ1n) is 12.3. The Bertz CT molecular complexity index is 1270. The van der Waals surface area contributed by atoms with Crippen molar-refractivity contribution in [2.24, 2.45) is 0 Å². The summed E-state index contributed by atoms with van der Waals surface area (Å²) in [6.45, 7) is 12.6. The van der Waals surface area contributed by atoms with Gasteiger partial charge in [0.2, 0.25) is 0 Å². The van der Waals surface area contributed by atoms with Gasteiger partial charge in [0.15, 0.2) is 0 Å². The molecule has 0 amide bonds. The molecule has 0 bridgehead atoms. The quantitative estimate of drug-likeness (QED) is 0.347. The number of carboxylic acid groups (broad SMARTS) is 1. The Kier molecular flexibility index (Phi) is 7.67. The highest BCUT2D eigenvalue weighted by atomic mass is 31.1. The summed E-state index contributed by atoms with van der Waals surface area (Å²) in [4.78, 5) is 18.8. The number of anilines is 1. The fraction of sp³-hybridized carbons (Fsp3) is 0.379. The predicted molar refractivity (Wildman–Crippen MR) is 148 cm³/mol. The maximum atomic E-state index is 11.9. The summed E-state index contributed by atoms with van der Waals surface area (Å²) in [5, 5.41) is 10.9. The van der Waals surface area contributed by atoms with E-state index < -0.39 is 5.97 Å². The topological polar surface area (TPSA) is 88.7 Å². The van der Waals surface area contributed by atoms with Crippen LogP contribution in [0.2, 0.25) is 0 Å². The third-order valence-electron chi connectivity index (χ3n) is 6.96. The normalized spacial score (nSPS) is 16.4. The van der Waals surface area contributed by atoms with Gasteiger partial charge in [0.25, 0.3) is 0 Å². The molecule has 4 rings (SSSR count). The number of aromatic nitrogens is 1. The number of hydrogen-bond acceptors (Lipinski definition) is 5. The largest absolute Gasteiger partial charge is 0.485 e. The summed E-state index contributed by atoms with van der Waals surface area (Å²) in [7, 11) is 0.596. The number of fused-ring (bicyclic) bond motifs is 1. The predicted octanol–water partition coefficient (Wildman–Crippen LogP) is 4.99. The SMILES string of the molecule is CPc1ccc([C@H](CC(=O)O)c2ccc(C)c(CN3Cc4ncccc4OC(C)(C)C3)c2)c(C)c1N. The molecule has 0 radical (unpaired) electrons. The summed E-state index contributed by atoms with van der Waals surface area (Å²) in [5.41, 5.74) is 13.1. The van der Waals surface area contributed by atoms with E-state index in [0.29, 0.717) is 15.1 Å². The molecule has 0 aliphatic carbocycles. The van der Waals surface area contributed by atoms with E-state index >= 15 is 0 Å². The van der Waals surface area contributed by atoms with Crippen molar-refractivity contribution in [1.82, 2.24) is 9.88 Å². The fourth-order valence-corrected chi connectivity index (χ4v) is 5.83. The first kappa shape index (κ1) is 26.1. The molecule has 7 heteroatoms. The smallest absolute Gasteiger partial charge is 0.304 e. The van der Waals surface area contributed by atoms with Gasteiger partial charge < -0.3 is 15.6 Å². The molecule has 1 aromatic heterocycles. The highest BCUT2D eigenvalue weighted by Crippen LogP contribution is 2.35. The number of pyridine rings is 1. The maximum absolute atomic E-state index is 11.9. The number of ether oxygens (including phenoxy) is 1. The summed E-state index contributed by atoms with van der Waals surface area (Å²) in [6.07, 6.45) is 1.82. The third kappa shape index (κ3) is 5.71. The van der Waals surface area contributed by atoms with Crippen molar-refractivity contribution in [2.75, 3.05) is 18.9 Å². The maximum Gasteiger partial charge on any atom is 0.304 e. The second-order valence-electron chi connectivity index (χ2n) is 10.3. The Balaban J connectivity index is 1.69. The van der Waals surface area contributed by atoms with Gasteiger partial charge in [-0.3, -0.25) is 14.7 Å². The Morgan fingerprint density at radius 3 is 2.75 bits per heavy atom. The van der Waals surface area contributed by atoms with Crippen LogP contribution in [-0.4, -0.2) is 39.8 Å². The van der Waals surface area contributed by atoms with Crippen LogP contribution in [0.5, 0.6) is 5.75 Å². The van der Waals surface area contributed by atoms with Crippen molar-refractivity contribution in [3.63, 3.8) is 0 Å². The number of nitrogen functional groups attached to an aromatic ring is 1. The molecule has 2 heterocycles. The molecule has 2 aromatic carbocycles. The van der Waals surface area contributed by atoms with E-state index in [1.54, 1.807) is 6.20 Å². The highest BCUT2D eigenvalue weighted by Gasteiger charge is 2.30. The van der Waals surface area contributed by atoms with Gasteiger partial charge >= 0.3 is 5.97 Å². The molecule has 36 heavy (non-hydrogen) atoms. The molecule has 190 valence electrons. The van der Waals surface area contributed by atoms with Crippen molar-refractivity contribution in [3.8, 4) is 5.75 Å². The van der Waals surface area contributed by atoms with Gasteiger partial charge in [0.05, 0.1) is 12.1 Å². The van der Waals surface area contributed by atoms with Crippen LogP contribution in [0.15, 0.2) is 48.7 Å². The van der Waals surface area contributed by atoms with Gasteiger partial charge in [-0.25, -0.2) is 0 Å². The van der Waals surface area contributed by atoms with Gasteiger partial charge in [0, 0.05) is 37.4 Å². The van der Waals surface area contributed by atoms with Crippen molar-refractivity contribution < 1.29 is 14.6 Å². The zero-order valence-electron chi connectivity index (χ0n) is 21.8. The molecule has 3 N–H and O–H groups in total. The number of nitrogens with two attached hydrogens (primary N) is 1. The number of aryl methyl sites for hydroxylation is 1. The molecule has 6 nitrogen and oxygen atoms in total. The number of carbonyl (C=O) groups is 1. The number of nitrogens with zero attached hydrogens (tertiary/aromatic N) is 2. The molecule has 1 aliphatic heterocycles. The summed E-state index contributed by atoms with van der Waals surface area (Å²) in [5.74, 6) is -0.262. The van der Waals surface area contributed by atoms with Crippen molar-refractivity contribution in [2.45, 2.75) is 58.7 Å². The Morgan fingerprint density at radius 1 is 1.25 bits per heavy atom. The lowest BCUT2D eigenvalue weighted by atomic mass is 9.84. The van der Waals surface area contributed by atoms with E-state index in [4.69, 9.17) is 10.5 Å². The van der Waals surface area contributed by atoms with Gasteiger partial charge in [-0.15, -0.1) is 0 Å². The summed E-state index contributed by atoms with van der Waals surface area (Å²) < 4.78 is 6.27. The molecular weight excluding hydrogens is 469 g/mol. The lowest BCUT2D eigenvalue weighted by Crippen LogP contribution is -2.40. The van der Waals surface area contributed by atoms with E-state index in [2.05, 4.69) is 61.6 Å². The minimum Gasteiger partial charge on any atom is -0.485 e. The molecule has 1 unspecified atom stereocenters. The molecule has 0 saturated carbocycles. The first-order chi connectivity index (χ1) is 17.1. The van der Waals surface area contributed by atoms with Gasteiger partial charge in [-0.2, -0.15) is 0 Å². The molecule has 3 aromatic rings. The highest BCUT2D eigenvalue weighted by molar-refractivity contribution is 7.46. The van der Waals surface area contributed by atoms with E-state index in [1.807, 2.05) is 25.1 Å². The second-order valence-corrected chi connectivity index (χ2v) is 11.3. The van der Waals surface area contributed by atoms with Crippen LogP contribution in [0.4, 0.5) is 5.69 Å². The molecule has 1 aliphatic rings. The Labute approximate surface area is 215 Å². The van der Waals surface area contributed by atoms with Gasteiger partial charge in [-0.05, 0) is 79.6 Å². The van der Waals surface area contributed by atoms with Crippen molar-refractivity contribution in [3.05, 3.63) is 82.2 Å². The number of rotatable bonds is 7. The number of carboxylic acids is 1. The van der Waals surface area contributed by atoms with Crippen LogP contribution in [0.25, 0.3) is 0 Å².